The van der Waals surface area contributed by atoms with Crippen LogP contribution in [0.4, 0.5) is 0 Å². The molecule has 0 N–H and O–H groups in total. The van der Waals surface area contributed by atoms with E-state index in [0.717, 1.165) is 13.8 Å². The standard InChI is InChI=1S/C25H38O13/c1-9-17-11(3)19(31-12(4)26)22(34-15(7)29)24(36-17)38-25-23(35-16(8)30)21(33-14(6)28)20(32-13(5)27)18(10-2)37-25/h11,17-25H,9-10H2,1-8H3/t11-,17-,18-,19+,20-,21+,22-,23-,24-,25-/m1/s1. The van der Waals surface area contributed by atoms with E-state index in [1.165, 1.54) is 20.8 Å². The van der Waals surface area contributed by atoms with Gasteiger partial charge in [0.15, 0.2) is 24.4 Å². The zero-order valence-electron chi connectivity index (χ0n) is 23.0. The molecule has 2 fully saturated rings. The normalized spacial score (nSPS) is 34.9. The first-order valence-corrected chi connectivity index (χ1v) is 12.6. The Morgan fingerprint density at radius 3 is 1.29 bits per heavy atom. The van der Waals surface area contributed by atoms with Crippen LogP contribution < -0.4 is 0 Å². The molecule has 10 atom stereocenters. The number of hydrogen-bond acceptors (Lipinski definition) is 13. The fraction of sp³-hybridized carbons (Fsp3) is 0.800. The van der Waals surface area contributed by atoms with Gasteiger partial charge < -0.3 is 37.9 Å². The second kappa shape index (κ2) is 13.9. The Bertz CT molecular complexity index is 873. The van der Waals surface area contributed by atoms with Gasteiger partial charge in [-0.05, 0) is 12.8 Å². The Balaban J connectivity index is 2.51. The molecule has 0 bridgehead atoms. The van der Waals surface area contributed by atoms with Crippen LogP contribution in [0.15, 0.2) is 0 Å². The van der Waals surface area contributed by atoms with Gasteiger partial charge in [-0.2, -0.15) is 0 Å². The predicted octanol–water partition coefficient (Wildman–Crippen LogP) is 1.57. The summed E-state index contributed by atoms with van der Waals surface area (Å²) < 4.78 is 45.5. The average molecular weight is 547 g/mol. The molecule has 0 aliphatic carbocycles. The van der Waals surface area contributed by atoms with Crippen molar-refractivity contribution >= 4 is 29.8 Å². The van der Waals surface area contributed by atoms with E-state index >= 15 is 0 Å². The molecule has 0 aromatic carbocycles. The lowest BCUT2D eigenvalue weighted by Gasteiger charge is -2.48. The van der Waals surface area contributed by atoms with E-state index in [1.54, 1.807) is 13.8 Å². The van der Waals surface area contributed by atoms with Crippen LogP contribution in [0.3, 0.4) is 0 Å². The summed E-state index contributed by atoms with van der Waals surface area (Å²) >= 11 is 0. The van der Waals surface area contributed by atoms with Crippen LogP contribution in [0.25, 0.3) is 0 Å². The zero-order chi connectivity index (χ0) is 28.7. The molecule has 0 spiro atoms. The highest BCUT2D eigenvalue weighted by Crippen LogP contribution is 2.36. The van der Waals surface area contributed by atoms with Crippen molar-refractivity contribution in [1.29, 1.82) is 0 Å². The van der Waals surface area contributed by atoms with Gasteiger partial charge in [-0.1, -0.05) is 20.8 Å². The maximum absolute atomic E-state index is 12.0. The third-order valence-electron chi connectivity index (χ3n) is 6.18. The highest BCUT2D eigenvalue weighted by atomic mass is 16.8. The molecule has 2 heterocycles. The molecule has 38 heavy (non-hydrogen) atoms. The molecule has 2 rings (SSSR count). The van der Waals surface area contributed by atoms with Crippen molar-refractivity contribution < 1.29 is 61.9 Å². The first-order valence-electron chi connectivity index (χ1n) is 12.6. The van der Waals surface area contributed by atoms with Gasteiger partial charge in [-0.25, -0.2) is 0 Å². The van der Waals surface area contributed by atoms with E-state index < -0.39 is 85.2 Å². The summed E-state index contributed by atoms with van der Waals surface area (Å²) in [5.41, 5.74) is 0. The Labute approximate surface area is 221 Å². The van der Waals surface area contributed by atoms with E-state index in [-0.39, 0.29) is 5.92 Å². The number of hydrogen-bond donors (Lipinski definition) is 0. The molecule has 2 saturated heterocycles. The van der Waals surface area contributed by atoms with Crippen molar-refractivity contribution in [2.45, 2.75) is 124 Å². The molecule has 2 aliphatic rings. The van der Waals surface area contributed by atoms with E-state index in [1.807, 2.05) is 6.92 Å². The maximum atomic E-state index is 12.0. The summed E-state index contributed by atoms with van der Waals surface area (Å²) in [6.45, 7) is 11.3. The van der Waals surface area contributed by atoms with E-state index in [2.05, 4.69) is 0 Å². The highest BCUT2D eigenvalue weighted by molar-refractivity contribution is 5.69. The summed E-state index contributed by atoms with van der Waals surface area (Å²) in [6.07, 6.45) is -9.14. The fourth-order valence-electron chi connectivity index (χ4n) is 4.72. The zero-order valence-corrected chi connectivity index (χ0v) is 23.0. The predicted molar refractivity (Wildman–Crippen MR) is 126 cm³/mol. The second-order valence-corrected chi connectivity index (χ2v) is 9.27. The lowest BCUT2D eigenvalue weighted by atomic mass is 9.89. The molecule has 2 aliphatic heterocycles. The molecule has 13 nitrogen and oxygen atoms in total. The van der Waals surface area contributed by atoms with Crippen LogP contribution >= 0.6 is 0 Å². The minimum Gasteiger partial charge on any atom is -0.458 e. The first kappa shape index (κ1) is 31.4. The SMILES string of the molecule is CC[C@H]1O[C@H](O[C@H]2O[C@H](CC)[C@@H](OC(C)=O)[C@H](OC(C)=O)[C@H]2OC(C)=O)[C@H](OC(C)=O)[C@@H](OC(C)=O)[C@@H]1C. The average Bonchev–Trinajstić information content (AvgIpc) is 2.79. The number of esters is 5. The van der Waals surface area contributed by atoms with Gasteiger partial charge in [0.05, 0.1) is 6.10 Å². The quantitative estimate of drug-likeness (QED) is 0.303. The van der Waals surface area contributed by atoms with Crippen molar-refractivity contribution in [3.05, 3.63) is 0 Å². The Kier molecular flexibility index (Phi) is 11.5. The molecule has 13 heteroatoms. The Morgan fingerprint density at radius 1 is 0.526 bits per heavy atom. The van der Waals surface area contributed by atoms with Gasteiger partial charge in [-0.3, -0.25) is 24.0 Å². The Hall–Kier alpha value is -2.77. The number of ether oxygens (including phenoxy) is 8. The maximum Gasteiger partial charge on any atom is 0.303 e. The third kappa shape index (κ3) is 8.11. The van der Waals surface area contributed by atoms with Crippen LogP contribution in [0.1, 0.15) is 68.2 Å². The van der Waals surface area contributed by atoms with Crippen molar-refractivity contribution in [2.75, 3.05) is 0 Å². The summed E-state index contributed by atoms with van der Waals surface area (Å²) in [7, 11) is 0. The molecule has 0 saturated carbocycles. The van der Waals surface area contributed by atoms with Crippen LogP contribution in [0, 0.1) is 5.92 Å². The Morgan fingerprint density at radius 2 is 0.868 bits per heavy atom. The van der Waals surface area contributed by atoms with Crippen LogP contribution in [0.5, 0.6) is 0 Å². The van der Waals surface area contributed by atoms with Crippen LogP contribution in [0.2, 0.25) is 0 Å². The molecule has 216 valence electrons. The minimum atomic E-state index is -1.41. The molecular formula is C25H38O13. The highest BCUT2D eigenvalue weighted by Gasteiger charge is 2.55. The van der Waals surface area contributed by atoms with Crippen LogP contribution in [-0.4, -0.2) is 85.2 Å². The lowest BCUT2D eigenvalue weighted by molar-refractivity contribution is -0.371. The van der Waals surface area contributed by atoms with Crippen LogP contribution in [-0.2, 0) is 61.9 Å². The van der Waals surface area contributed by atoms with Gasteiger partial charge in [0.1, 0.15) is 12.2 Å². The third-order valence-corrected chi connectivity index (χ3v) is 6.18. The molecular weight excluding hydrogens is 508 g/mol. The fourth-order valence-corrected chi connectivity index (χ4v) is 4.72. The van der Waals surface area contributed by atoms with Crippen molar-refractivity contribution in [2.24, 2.45) is 5.92 Å². The minimum absolute atomic E-state index is 0.298. The largest absolute Gasteiger partial charge is 0.458 e. The molecule has 0 unspecified atom stereocenters. The van der Waals surface area contributed by atoms with E-state index in [4.69, 9.17) is 37.9 Å². The van der Waals surface area contributed by atoms with Gasteiger partial charge in [0.25, 0.3) is 0 Å². The molecule has 0 aromatic rings. The molecule has 0 radical (unpaired) electrons. The van der Waals surface area contributed by atoms with Gasteiger partial charge in [0, 0.05) is 40.5 Å². The van der Waals surface area contributed by atoms with Crippen molar-refractivity contribution in [3.63, 3.8) is 0 Å². The monoisotopic (exact) mass is 546 g/mol. The van der Waals surface area contributed by atoms with Gasteiger partial charge >= 0.3 is 29.8 Å². The van der Waals surface area contributed by atoms with Gasteiger partial charge in [-0.15, -0.1) is 0 Å². The summed E-state index contributed by atoms with van der Waals surface area (Å²) in [4.78, 5) is 59.7. The van der Waals surface area contributed by atoms with Crippen molar-refractivity contribution in [1.82, 2.24) is 0 Å². The number of carbonyl (C=O) groups excluding carboxylic acids is 5. The number of carbonyl (C=O) groups is 5. The summed E-state index contributed by atoms with van der Waals surface area (Å²) in [6, 6.07) is 0. The topological polar surface area (TPSA) is 159 Å². The molecule has 0 aromatic heterocycles. The van der Waals surface area contributed by atoms with E-state index in [0.29, 0.717) is 12.8 Å². The number of rotatable bonds is 9. The summed E-state index contributed by atoms with van der Waals surface area (Å²) in [5.74, 6) is -3.76. The van der Waals surface area contributed by atoms with Gasteiger partial charge in [0.2, 0.25) is 12.6 Å². The first-order chi connectivity index (χ1) is 17.8. The van der Waals surface area contributed by atoms with E-state index in [9.17, 15) is 24.0 Å². The van der Waals surface area contributed by atoms with Crippen molar-refractivity contribution in [3.8, 4) is 0 Å². The lowest BCUT2D eigenvalue weighted by Crippen LogP contribution is -2.64. The summed E-state index contributed by atoms with van der Waals surface area (Å²) in [5, 5.41) is 0. The second-order valence-electron chi connectivity index (χ2n) is 9.27. The smallest absolute Gasteiger partial charge is 0.303 e. The molecule has 0 amide bonds.